The van der Waals surface area contributed by atoms with Crippen molar-refractivity contribution in [1.82, 2.24) is 5.32 Å². The van der Waals surface area contributed by atoms with Gasteiger partial charge in [0.2, 0.25) is 0 Å². The van der Waals surface area contributed by atoms with Crippen molar-refractivity contribution in [2.24, 2.45) is 0 Å². The third-order valence-corrected chi connectivity index (χ3v) is 3.41. The molecule has 0 bridgehead atoms. The molecule has 1 aromatic carbocycles. The van der Waals surface area contributed by atoms with Gasteiger partial charge in [-0.1, -0.05) is 22.9 Å². The van der Waals surface area contributed by atoms with Crippen LogP contribution in [0.4, 0.5) is 5.69 Å². The van der Waals surface area contributed by atoms with Gasteiger partial charge in [-0.3, -0.25) is 10.2 Å². The van der Waals surface area contributed by atoms with Crippen molar-refractivity contribution in [2.75, 3.05) is 11.7 Å². The average Bonchev–Trinajstić information content (AvgIpc) is 2.70. The third kappa shape index (κ3) is 2.33. The maximum atomic E-state index is 5.70. The monoisotopic (exact) mass is 270 g/mol. The maximum Gasteiger partial charge on any atom is 0.137 e. The van der Waals surface area contributed by atoms with Gasteiger partial charge in [0, 0.05) is 4.47 Å². The first-order valence-corrected chi connectivity index (χ1v) is 5.94. The molecule has 1 atom stereocenters. The van der Waals surface area contributed by atoms with Crippen LogP contribution >= 0.6 is 15.9 Å². The predicted octanol–water partition coefficient (Wildman–Crippen LogP) is 2.79. The number of nitrogens with one attached hydrogen (secondary N) is 1. The Morgan fingerprint density at radius 2 is 2.40 bits per heavy atom. The van der Waals surface area contributed by atoms with Crippen LogP contribution in [0, 0.1) is 6.92 Å². The van der Waals surface area contributed by atoms with Crippen LogP contribution in [-0.2, 0) is 4.84 Å². The Hall–Kier alpha value is -0.580. The fourth-order valence-electron chi connectivity index (χ4n) is 1.57. The van der Waals surface area contributed by atoms with Gasteiger partial charge in [0.1, 0.15) is 6.23 Å². The highest BCUT2D eigenvalue weighted by atomic mass is 79.9. The standard InChI is InChI=1S/C11H15BrN2O/c1-3-11-13-7-14(15-11)9-4-5-10(12)8(2)6-9/h4-6,11,13H,3,7H2,1-2H3. The molecule has 4 heteroatoms. The lowest BCUT2D eigenvalue weighted by atomic mass is 10.2. The first kappa shape index (κ1) is 10.9. The molecule has 1 saturated heterocycles. The molecule has 82 valence electrons. The quantitative estimate of drug-likeness (QED) is 0.895. The Labute approximate surface area is 98.5 Å². The number of halogens is 1. The van der Waals surface area contributed by atoms with E-state index < -0.39 is 0 Å². The van der Waals surface area contributed by atoms with Gasteiger partial charge < -0.3 is 0 Å². The second-order valence-corrected chi connectivity index (χ2v) is 4.53. The van der Waals surface area contributed by atoms with Crippen molar-refractivity contribution in [1.29, 1.82) is 0 Å². The fourth-order valence-corrected chi connectivity index (χ4v) is 1.81. The van der Waals surface area contributed by atoms with Crippen molar-refractivity contribution in [3.63, 3.8) is 0 Å². The van der Waals surface area contributed by atoms with Crippen molar-refractivity contribution in [2.45, 2.75) is 26.5 Å². The zero-order chi connectivity index (χ0) is 10.8. The summed E-state index contributed by atoms with van der Waals surface area (Å²) in [6.45, 7) is 4.93. The first-order valence-electron chi connectivity index (χ1n) is 5.14. The van der Waals surface area contributed by atoms with Gasteiger partial charge in [-0.25, -0.2) is 5.06 Å². The van der Waals surface area contributed by atoms with Crippen LogP contribution in [0.2, 0.25) is 0 Å². The number of nitrogens with zero attached hydrogens (tertiary/aromatic N) is 1. The SMILES string of the molecule is CCC1NCN(c2ccc(Br)c(C)c2)O1. The largest absolute Gasteiger partial charge is 0.270 e. The summed E-state index contributed by atoms with van der Waals surface area (Å²) in [6.07, 6.45) is 1.13. The second-order valence-electron chi connectivity index (χ2n) is 3.68. The van der Waals surface area contributed by atoms with E-state index in [0.29, 0.717) is 0 Å². The minimum atomic E-state index is 0.147. The molecule has 3 nitrogen and oxygen atoms in total. The Morgan fingerprint density at radius 3 is 3.00 bits per heavy atom. The van der Waals surface area contributed by atoms with Crippen molar-refractivity contribution in [3.05, 3.63) is 28.2 Å². The molecule has 1 aliphatic rings. The van der Waals surface area contributed by atoms with Crippen LogP contribution in [0.15, 0.2) is 22.7 Å². The van der Waals surface area contributed by atoms with Gasteiger partial charge in [0.05, 0.1) is 12.4 Å². The van der Waals surface area contributed by atoms with Gasteiger partial charge in [-0.05, 0) is 37.1 Å². The van der Waals surface area contributed by atoms with E-state index in [4.69, 9.17) is 4.84 Å². The van der Waals surface area contributed by atoms with Gasteiger partial charge in [-0.15, -0.1) is 0 Å². The summed E-state index contributed by atoms with van der Waals surface area (Å²) in [5.74, 6) is 0. The summed E-state index contributed by atoms with van der Waals surface area (Å²) in [6, 6.07) is 6.22. The van der Waals surface area contributed by atoms with Crippen LogP contribution in [-0.4, -0.2) is 12.9 Å². The lowest BCUT2D eigenvalue weighted by Gasteiger charge is -2.17. The zero-order valence-corrected chi connectivity index (χ0v) is 10.5. The summed E-state index contributed by atoms with van der Waals surface area (Å²) in [5.41, 5.74) is 2.31. The molecule has 1 aromatic rings. The van der Waals surface area contributed by atoms with Crippen LogP contribution < -0.4 is 10.4 Å². The van der Waals surface area contributed by atoms with Gasteiger partial charge in [-0.2, -0.15) is 0 Å². The fraction of sp³-hybridized carbons (Fsp3) is 0.455. The molecule has 1 N–H and O–H groups in total. The Kier molecular flexibility index (Phi) is 3.29. The van der Waals surface area contributed by atoms with Crippen molar-refractivity contribution >= 4 is 21.6 Å². The molecule has 0 aromatic heterocycles. The molecular weight excluding hydrogens is 256 g/mol. The first-order chi connectivity index (χ1) is 7.20. The van der Waals surface area contributed by atoms with E-state index in [0.717, 1.165) is 23.2 Å². The van der Waals surface area contributed by atoms with Crippen LogP contribution in [0.3, 0.4) is 0 Å². The molecule has 1 unspecified atom stereocenters. The van der Waals surface area contributed by atoms with E-state index >= 15 is 0 Å². The number of hydroxylamine groups is 1. The maximum absolute atomic E-state index is 5.70. The van der Waals surface area contributed by atoms with Crippen molar-refractivity contribution in [3.8, 4) is 0 Å². The number of aryl methyl sites for hydroxylation is 1. The van der Waals surface area contributed by atoms with Gasteiger partial charge >= 0.3 is 0 Å². The number of hydrogen-bond acceptors (Lipinski definition) is 3. The summed E-state index contributed by atoms with van der Waals surface area (Å²) < 4.78 is 1.13. The molecule has 1 aliphatic heterocycles. The molecule has 2 rings (SSSR count). The van der Waals surface area contributed by atoms with E-state index in [9.17, 15) is 0 Å². The highest BCUT2D eigenvalue weighted by Gasteiger charge is 2.21. The summed E-state index contributed by atoms with van der Waals surface area (Å²) >= 11 is 3.49. The van der Waals surface area contributed by atoms with Gasteiger partial charge in [0.25, 0.3) is 0 Å². The van der Waals surface area contributed by atoms with E-state index in [-0.39, 0.29) is 6.23 Å². The van der Waals surface area contributed by atoms with Crippen LogP contribution in [0.25, 0.3) is 0 Å². The van der Waals surface area contributed by atoms with E-state index in [1.54, 1.807) is 0 Å². The highest BCUT2D eigenvalue weighted by molar-refractivity contribution is 9.10. The number of rotatable bonds is 2. The minimum absolute atomic E-state index is 0.147. The second kappa shape index (κ2) is 4.51. The Balaban J connectivity index is 2.13. The smallest absolute Gasteiger partial charge is 0.137 e. The predicted molar refractivity (Wildman–Crippen MR) is 64.5 cm³/mol. The summed E-state index contributed by atoms with van der Waals surface area (Å²) in [5, 5.41) is 5.18. The molecule has 1 heterocycles. The molecule has 0 spiro atoms. The summed E-state index contributed by atoms with van der Waals surface area (Å²) in [4.78, 5) is 5.70. The number of anilines is 1. The molecule has 0 aliphatic carbocycles. The zero-order valence-electron chi connectivity index (χ0n) is 8.96. The van der Waals surface area contributed by atoms with Crippen molar-refractivity contribution < 1.29 is 4.84 Å². The summed E-state index contributed by atoms with van der Waals surface area (Å²) in [7, 11) is 0. The third-order valence-electron chi connectivity index (χ3n) is 2.52. The molecule has 0 saturated carbocycles. The van der Waals surface area contributed by atoms with E-state index in [2.05, 4.69) is 47.2 Å². The number of benzene rings is 1. The van der Waals surface area contributed by atoms with Crippen LogP contribution in [0.5, 0.6) is 0 Å². The topological polar surface area (TPSA) is 24.5 Å². The molecule has 0 amide bonds. The van der Waals surface area contributed by atoms with Crippen LogP contribution in [0.1, 0.15) is 18.9 Å². The Morgan fingerprint density at radius 1 is 1.60 bits per heavy atom. The normalized spacial score (nSPS) is 21.0. The lowest BCUT2D eigenvalue weighted by molar-refractivity contribution is 0.0763. The molecular formula is C11H15BrN2O. The average molecular weight is 271 g/mol. The Bertz CT molecular complexity index is 356. The lowest BCUT2D eigenvalue weighted by Crippen LogP contribution is -2.21. The minimum Gasteiger partial charge on any atom is -0.270 e. The molecule has 15 heavy (non-hydrogen) atoms. The highest BCUT2D eigenvalue weighted by Crippen LogP contribution is 2.24. The number of hydrogen-bond donors (Lipinski definition) is 1. The van der Waals surface area contributed by atoms with Gasteiger partial charge in [0.15, 0.2) is 0 Å². The molecule has 0 radical (unpaired) electrons. The molecule has 1 fully saturated rings. The van der Waals surface area contributed by atoms with E-state index in [1.165, 1.54) is 5.56 Å². The van der Waals surface area contributed by atoms with E-state index in [1.807, 2.05) is 11.1 Å².